The van der Waals surface area contributed by atoms with Gasteiger partial charge < -0.3 is 5.11 Å². The van der Waals surface area contributed by atoms with Gasteiger partial charge in [-0.05, 0) is 110 Å². The van der Waals surface area contributed by atoms with Gasteiger partial charge in [-0.1, -0.05) is 188 Å². The zero-order valence-corrected chi connectivity index (χ0v) is 39.8. The van der Waals surface area contributed by atoms with Gasteiger partial charge in [0.15, 0.2) is 0 Å². The fourth-order valence-electron chi connectivity index (χ4n) is 8.00. The minimum absolute atomic E-state index is 0. The summed E-state index contributed by atoms with van der Waals surface area (Å²) in [5.41, 5.74) is -4.77. The number of benzene rings is 7. The molecule has 0 saturated heterocycles. The molecule has 0 aliphatic rings. The number of phenols is 1. The van der Waals surface area contributed by atoms with E-state index >= 15 is 0 Å². The predicted molar refractivity (Wildman–Crippen MR) is 278 cm³/mol. The number of hydrogen-bond acceptors (Lipinski definition) is 3. The van der Waals surface area contributed by atoms with Crippen molar-refractivity contribution < 1.29 is 56.3 Å². The minimum atomic E-state index is -3.98. The van der Waals surface area contributed by atoms with Crippen LogP contribution < -0.4 is 0 Å². The van der Waals surface area contributed by atoms with Crippen molar-refractivity contribution in [2.24, 2.45) is 0 Å². The Morgan fingerprint density at radius 3 is 1.96 bits per heavy atom. The average Bonchev–Trinajstić information content (AvgIpc) is 1.33. The summed E-state index contributed by atoms with van der Waals surface area (Å²) in [6.45, 7) is -5.96. The van der Waals surface area contributed by atoms with E-state index in [1.807, 2.05) is 53.7 Å². The van der Waals surface area contributed by atoms with E-state index in [2.05, 4.69) is 11.1 Å². The summed E-state index contributed by atoms with van der Waals surface area (Å²) in [5.74, 6) is -0.00838. The Morgan fingerprint density at radius 2 is 1.30 bits per heavy atom. The second kappa shape index (κ2) is 18.0. The van der Waals surface area contributed by atoms with Crippen LogP contribution in [0.25, 0.3) is 83.9 Å². The summed E-state index contributed by atoms with van der Waals surface area (Å²) in [5, 5.41) is 12.6. The van der Waals surface area contributed by atoms with Crippen molar-refractivity contribution in [2.45, 2.75) is 92.0 Å². The van der Waals surface area contributed by atoms with E-state index in [-0.39, 0.29) is 77.4 Å². The summed E-state index contributed by atoms with van der Waals surface area (Å²) in [6, 6.07) is 29.1. The fourth-order valence-corrected chi connectivity index (χ4v) is 8.00. The molecule has 0 bridgehead atoms. The van der Waals surface area contributed by atoms with Crippen LogP contribution in [0.5, 0.6) is 5.75 Å². The first-order valence-corrected chi connectivity index (χ1v) is 21.3. The Labute approximate surface area is 443 Å². The Hall–Kier alpha value is -6.35. The molecule has 2 heterocycles. The standard InChI is InChI=1S/C62H60N3O.Pt/c1-39-31-50(38-52(40(39)2)43-21-16-13-17-22-43)65-56-24-18-23-51(57(56)64-59(65)53-36-49(61(6,7)8)37-54(58(53)66)62(9,10)11)46-32-45(41-19-14-12-15-20-41)33-47(34-46)55-35-44(29-30-63-55)42-25-27-48(28-26-42)60(3,4)5;/h12-33,35-38,66H,1-11H3;/q-1;/i1D3,2D3,3D3,4D3,5D3,25D,26D,27D,28D,29D,30D,35D;. The van der Waals surface area contributed by atoms with E-state index in [9.17, 15) is 9.22 Å². The van der Waals surface area contributed by atoms with Gasteiger partial charge in [-0.3, -0.25) is 9.55 Å². The monoisotopic (exact) mass is 1080 g/mol. The molecule has 0 radical (unpaired) electrons. The van der Waals surface area contributed by atoms with Crippen LogP contribution in [0.2, 0.25) is 0 Å². The summed E-state index contributed by atoms with van der Waals surface area (Å²) in [6.07, 6.45) is -0.836. The molecule has 5 heteroatoms. The summed E-state index contributed by atoms with van der Waals surface area (Å²) >= 11 is 0. The van der Waals surface area contributed by atoms with Crippen molar-refractivity contribution >= 4 is 11.0 Å². The average molecular weight is 1080 g/mol. The largest absolute Gasteiger partial charge is 0.507 e. The van der Waals surface area contributed by atoms with Crippen LogP contribution in [0.15, 0.2) is 158 Å². The number of aromatic hydroxyl groups is 1. The Morgan fingerprint density at radius 1 is 0.597 bits per heavy atom. The van der Waals surface area contributed by atoms with Gasteiger partial charge in [-0.2, -0.15) is 0 Å². The SMILES string of the molecule is [2H]c1nc(-c2[c-]c(-c3cccc4c3nc(-c3cc(C(C)(C)C)cc(C(C)(C)C)c3O)n4-c3cc(-c4ccccc4)c(C([2H])([2H])[2H])c(C([2H])([2H])[2H])c3)cc(-c3ccccc3)c2)c([2H])c(-c2c([2H])c([2H])c(C(C([2H])([2H])[2H])(C([2H])([2H])[2H])C([2H])([2H])[2H])c([2H])c2[2H])c1[2H].[Pt]. The Bertz CT molecular complexity index is 4180. The quantitative estimate of drug-likeness (QED) is 0.162. The molecule has 0 aliphatic carbocycles. The van der Waals surface area contributed by atoms with Crippen LogP contribution >= 0.6 is 0 Å². The molecule has 0 saturated carbocycles. The van der Waals surface area contributed by atoms with Gasteiger partial charge in [0, 0.05) is 64.7 Å². The number of fused-ring (bicyclic) bond motifs is 1. The molecule has 0 amide bonds. The molecule has 0 unspecified atom stereocenters. The van der Waals surface area contributed by atoms with Gasteiger partial charge in [0.2, 0.25) is 0 Å². The van der Waals surface area contributed by atoms with Crippen molar-refractivity contribution in [2.75, 3.05) is 0 Å². The second-order valence-corrected chi connectivity index (χ2v) is 18.4. The fraction of sp³-hybridized carbons (Fsp3) is 0.226. The number of para-hydroxylation sites is 1. The molecule has 9 rings (SSSR count). The predicted octanol–water partition coefficient (Wildman–Crippen LogP) is 16.4. The molecule has 9 aromatic rings. The maximum atomic E-state index is 12.6. The molecular weight excluding hydrogens is 998 g/mol. The second-order valence-electron chi connectivity index (χ2n) is 18.4. The molecule has 7 aromatic carbocycles. The molecule has 0 aliphatic heterocycles. The van der Waals surface area contributed by atoms with Gasteiger partial charge in [0.05, 0.1) is 26.2 Å². The van der Waals surface area contributed by atoms with Crippen LogP contribution in [0.1, 0.15) is 120 Å². The topological polar surface area (TPSA) is 50.9 Å². The summed E-state index contributed by atoms with van der Waals surface area (Å²) < 4.78 is 193. The van der Waals surface area contributed by atoms with Crippen LogP contribution in [-0.2, 0) is 37.3 Å². The number of phenolic OH excluding ortho intramolecular Hbond substituents is 1. The van der Waals surface area contributed by atoms with E-state index in [0.717, 1.165) is 5.56 Å². The van der Waals surface area contributed by atoms with Gasteiger partial charge in [-0.25, -0.2) is 4.98 Å². The molecule has 0 spiro atoms. The van der Waals surface area contributed by atoms with E-state index < -0.39 is 115 Å². The number of nitrogens with zero attached hydrogens (tertiary/aromatic N) is 3. The number of hydrogen-bond donors (Lipinski definition) is 1. The van der Waals surface area contributed by atoms with E-state index in [1.54, 1.807) is 102 Å². The Kier molecular flexibility index (Phi) is 7.23. The maximum Gasteiger partial charge on any atom is 0.148 e. The molecule has 1 N–H and O–H groups in total. The van der Waals surface area contributed by atoms with Gasteiger partial charge in [-0.15, -0.1) is 23.8 Å². The van der Waals surface area contributed by atoms with Crippen LogP contribution in [0.4, 0.5) is 0 Å². The van der Waals surface area contributed by atoms with Crippen molar-refractivity contribution in [3.05, 3.63) is 192 Å². The van der Waals surface area contributed by atoms with Crippen molar-refractivity contribution in [1.82, 2.24) is 14.5 Å². The first kappa shape index (κ1) is 26.8. The van der Waals surface area contributed by atoms with E-state index in [4.69, 9.17) is 31.0 Å². The third kappa shape index (κ3) is 9.34. The number of imidazole rings is 1. The van der Waals surface area contributed by atoms with Gasteiger partial charge in [0.25, 0.3) is 0 Å². The number of rotatable bonds is 7. The van der Waals surface area contributed by atoms with E-state index in [0.29, 0.717) is 33.3 Å². The van der Waals surface area contributed by atoms with E-state index in [1.165, 1.54) is 6.07 Å². The third-order valence-electron chi connectivity index (χ3n) is 11.5. The zero-order valence-electron chi connectivity index (χ0n) is 59.6. The molecule has 340 valence electrons. The van der Waals surface area contributed by atoms with Gasteiger partial charge >= 0.3 is 0 Å². The third-order valence-corrected chi connectivity index (χ3v) is 11.5. The van der Waals surface area contributed by atoms with Crippen molar-refractivity contribution in [3.63, 3.8) is 0 Å². The van der Waals surface area contributed by atoms with Crippen LogP contribution in [-0.4, -0.2) is 19.6 Å². The number of pyridine rings is 1. The van der Waals surface area contributed by atoms with Crippen molar-refractivity contribution in [1.29, 1.82) is 0 Å². The Balaban J connectivity index is 0.0000102. The number of aromatic nitrogens is 3. The zero-order chi connectivity index (χ0) is 65.3. The number of aryl methyl sites for hydroxylation is 1. The first-order chi connectivity index (χ1) is 40.4. The van der Waals surface area contributed by atoms with Crippen LogP contribution in [0.3, 0.4) is 0 Å². The first-order valence-electron chi connectivity index (χ1n) is 32.3. The molecule has 0 fully saturated rings. The molecular formula is C62H60N3OPt-. The molecule has 0 atom stereocenters. The van der Waals surface area contributed by atoms with Crippen LogP contribution in [0, 0.1) is 19.8 Å². The summed E-state index contributed by atoms with van der Waals surface area (Å²) in [7, 11) is 0. The molecule has 2 aromatic heterocycles. The smallest absolute Gasteiger partial charge is 0.148 e. The van der Waals surface area contributed by atoms with Crippen molar-refractivity contribution in [3.8, 4) is 78.6 Å². The van der Waals surface area contributed by atoms with Gasteiger partial charge in [0.1, 0.15) is 11.6 Å². The summed E-state index contributed by atoms with van der Waals surface area (Å²) in [4.78, 5) is 9.71. The molecule has 67 heavy (non-hydrogen) atoms. The maximum absolute atomic E-state index is 12.6. The normalized spacial score (nSPS) is 17.8. The minimum Gasteiger partial charge on any atom is -0.507 e. The molecule has 4 nitrogen and oxygen atoms in total.